The molecule has 1 aliphatic carbocycles. The quantitative estimate of drug-likeness (QED) is 0.880. The second-order valence-electron chi connectivity index (χ2n) is 4.53. The molecule has 2 rings (SSSR count). The molecule has 2 atom stereocenters. The molecule has 1 amide bonds. The lowest BCUT2D eigenvalue weighted by molar-refractivity contribution is 0.0926. The van der Waals surface area contributed by atoms with Gasteiger partial charge in [0.05, 0.1) is 11.8 Å². The Labute approximate surface area is 111 Å². The number of amides is 1. The Kier molecular flexibility index (Phi) is 4.47. The van der Waals surface area contributed by atoms with Crippen LogP contribution in [0.15, 0.2) is 18.5 Å². The number of pyridine rings is 1. The summed E-state index contributed by atoms with van der Waals surface area (Å²) in [6.07, 6.45) is 9.45. The third-order valence-corrected chi connectivity index (χ3v) is 4.54. The lowest BCUT2D eigenvalue weighted by Gasteiger charge is -2.30. The minimum Gasteiger partial charge on any atom is -0.505 e. The third kappa shape index (κ3) is 2.96. The summed E-state index contributed by atoms with van der Waals surface area (Å²) in [7, 11) is 0. The van der Waals surface area contributed by atoms with Gasteiger partial charge in [-0.1, -0.05) is 12.8 Å². The Morgan fingerprint density at radius 2 is 2.28 bits per heavy atom. The molecule has 0 spiro atoms. The van der Waals surface area contributed by atoms with E-state index in [1.807, 2.05) is 0 Å². The molecule has 2 N–H and O–H groups in total. The maximum Gasteiger partial charge on any atom is 0.255 e. The summed E-state index contributed by atoms with van der Waals surface area (Å²) >= 11 is 1.81. The van der Waals surface area contributed by atoms with E-state index in [4.69, 9.17) is 0 Å². The Morgan fingerprint density at radius 1 is 1.50 bits per heavy atom. The summed E-state index contributed by atoms with van der Waals surface area (Å²) in [5, 5.41) is 13.1. The maximum atomic E-state index is 12.1. The van der Waals surface area contributed by atoms with Gasteiger partial charge < -0.3 is 10.4 Å². The van der Waals surface area contributed by atoms with Crippen LogP contribution in [0.1, 0.15) is 36.0 Å². The van der Waals surface area contributed by atoms with Crippen LogP contribution in [-0.2, 0) is 0 Å². The number of carbonyl (C=O) groups is 1. The zero-order valence-electron chi connectivity index (χ0n) is 10.4. The first-order chi connectivity index (χ1) is 8.72. The highest BCUT2D eigenvalue weighted by Gasteiger charge is 2.26. The summed E-state index contributed by atoms with van der Waals surface area (Å²) in [6, 6.07) is 1.75. The van der Waals surface area contributed by atoms with Crippen LogP contribution in [-0.4, -0.2) is 33.5 Å². The molecule has 0 saturated heterocycles. The Hall–Kier alpha value is -1.23. The van der Waals surface area contributed by atoms with E-state index in [0.717, 1.165) is 19.3 Å². The topological polar surface area (TPSA) is 62.2 Å². The van der Waals surface area contributed by atoms with Crippen molar-refractivity contribution in [1.82, 2.24) is 10.3 Å². The number of rotatable bonds is 3. The van der Waals surface area contributed by atoms with Gasteiger partial charge >= 0.3 is 0 Å². The average molecular weight is 266 g/mol. The van der Waals surface area contributed by atoms with Crippen LogP contribution in [0.2, 0.25) is 0 Å². The van der Waals surface area contributed by atoms with Crippen molar-refractivity contribution < 1.29 is 9.90 Å². The van der Waals surface area contributed by atoms with E-state index in [2.05, 4.69) is 16.6 Å². The van der Waals surface area contributed by atoms with Crippen LogP contribution in [0.25, 0.3) is 0 Å². The molecule has 4 nitrogen and oxygen atoms in total. The van der Waals surface area contributed by atoms with Crippen LogP contribution in [0.3, 0.4) is 0 Å². The molecule has 1 aromatic heterocycles. The average Bonchev–Trinajstić information content (AvgIpc) is 2.39. The molecular formula is C13H18N2O2S. The fraction of sp³-hybridized carbons (Fsp3) is 0.538. The number of thioether (sulfide) groups is 1. The Bertz CT molecular complexity index is 425. The smallest absolute Gasteiger partial charge is 0.255 e. The van der Waals surface area contributed by atoms with E-state index in [1.54, 1.807) is 17.8 Å². The predicted octanol–water partition coefficient (Wildman–Crippen LogP) is 2.19. The summed E-state index contributed by atoms with van der Waals surface area (Å²) in [4.78, 5) is 15.9. The molecular weight excluding hydrogens is 248 g/mol. The second-order valence-corrected chi connectivity index (χ2v) is 5.61. The first kappa shape index (κ1) is 13.2. The van der Waals surface area contributed by atoms with Crippen LogP contribution >= 0.6 is 11.8 Å². The summed E-state index contributed by atoms with van der Waals surface area (Å²) in [6.45, 7) is 0. The fourth-order valence-electron chi connectivity index (χ4n) is 2.37. The largest absolute Gasteiger partial charge is 0.505 e. The second kappa shape index (κ2) is 6.09. The van der Waals surface area contributed by atoms with Gasteiger partial charge in [0.25, 0.3) is 5.91 Å². The van der Waals surface area contributed by atoms with Crippen molar-refractivity contribution in [2.45, 2.75) is 37.0 Å². The predicted molar refractivity (Wildman–Crippen MR) is 72.9 cm³/mol. The molecule has 0 aromatic carbocycles. The van der Waals surface area contributed by atoms with E-state index in [9.17, 15) is 9.90 Å². The van der Waals surface area contributed by atoms with Crippen molar-refractivity contribution >= 4 is 17.7 Å². The van der Waals surface area contributed by atoms with Gasteiger partial charge in [0.1, 0.15) is 5.75 Å². The molecule has 5 heteroatoms. The Morgan fingerprint density at radius 3 is 3.00 bits per heavy atom. The summed E-state index contributed by atoms with van der Waals surface area (Å²) in [5.74, 6) is -0.271. The van der Waals surface area contributed by atoms with Crippen molar-refractivity contribution in [3.63, 3.8) is 0 Å². The van der Waals surface area contributed by atoms with Gasteiger partial charge in [-0.05, 0) is 25.2 Å². The zero-order valence-corrected chi connectivity index (χ0v) is 11.2. The van der Waals surface area contributed by atoms with Gasteiger partial charge in [-0.3, -0.25) is 9.78 Å². The highest BCUT2D eigenvalue weighted by atomic mass is 32.2. The molecule has 1 saturated carbocycles. The SMILES string of the molecule is CSC1CCCCC1NC(=O)c1ccncc1O. The van der Waals surface area contributed by atoms with Crippen LogP contribution in [0.4, 0.5) is 0 Å². The minimum absolute atomic E-state index is 0.0634. The van der Waals surface area contributed by atoms with Gasteiger partial charge in [0.15, 0.2) is 0 Å². The first-order valence-corrected chi connectivity index (χ1v) is 7.48. The number of nitrogens with one attached hydrogen (secondary N) is 1. The van der Waals surface area contributed by atoms with Gasteiger partial charge in [-0.15, -0.1) is 0 Å². The standard InChI is InChI=1S/C13H18N2O2S/c1-18-12-5-3-2-4-10(12)15-13(17)9-6-7-14-8-11(9)16/h6-8,10,12,16H,2-5H2,1H3,(H,15,17). The molecule has 1 aliphatic rings. The normalized spacial score (nSPS) is 23.6. The molecule has 0 bridgehead atoms. The van der Waals surface area contributed by atoms with Crippen LogP contribution in [0, 0.1) is 0 Å². The molecule has 0 radical (unpaired) electrons. The molecule has 2 unspecified atom stereocenters. The van der Waals surface area contributed by atoms with Gasteiger partial charge in [0.2, 0.25) is 0 Å². The lowest BCUT2D eigenvalue weighted by Crippen LogP contribution is -2.43. The van der Waals surface area contributed by atoms with Crippen LogP contribution < -0.4 is 5.32 Å². The zero-order chi connectivity index (χ0) is 13.0. The number of hydrogen-bond acceptors (Lipinski definition) is 4. The number of aromatic nitrogens is 1. The van der Waals surface area contributed by atoms with E-state index < -0.39 is 0 Å². The molecule has 18 heavy (non-hydrogen) atoms. The van der Waals surface area contributed by atoms with Crippen molar-refractivity contribution in [3.05, 3.63) is 24.0 Å². The van der Waals surface area contributed by atoms with Crippen molar-refractivity contribution in [3.8, 4) is 5.75 Å². The lowest BCUT2D eigenvalue weighted by atomic mass is 9.94. The van der Waals surface area contributed by atoms with Gasteiger partial charge in [-0.2, -0.15) is 11.8 Å². The van der Waals surface area contributed by atoms with E-state index in [0.29, 0.717) is 10.8 Å². The summed E-state index contributed by atoms with van der Waals surface area (Å²) in [5.41, 5.74) is 0.301. The van der Waals surface area contributed by atoms with Crippen molar-refractivity contribution in [1.29, 1.82) is 0 Å². The number of hydrogen-bond donors (Lipinski definition) is 2. The molecule has 1 fully saturated rings. The molecule has 1 heterocycles. The van der Waals surface area contributed by atoms with E-state index >= 15 is 0 Å². The molecule has 98 valence electrons. The number of carbonyl (C=O) groups excluding carboxylic acids is 1. The highest BCUT2D eigenvalue weighted by molar-refractivity contribution is 7.99. The summed E-state index contributed by atoms with van der Waals surface area (Å²) < 4.78 is 0. The maximum absolute atomic E-state index is 12.1. The fourth-order valence-corrected chi connectivity index (χ4v) is 3.30. The molecule has 1 aromatic rings. The highest BCUT2D eigenvalue weighted by Crippen LogP contribution is 2.27. The van der Waals surface area contributed by atoms with Crippen molar-refractivity contribution in [2.75, 3.05) is 6.26 Å². The number of nitrogens with zero attached hydrogens (tertiary/aromatic N) is 1. The van der Waals surface area contributed by atoms with Crippen LogP contribution in [0.5, 0.6) is 5.75 Å². The van der Waals surface area contributed by atoms with Gasteiger partial charge in [0, 0.05) is 17.5 Å². The van der Waals surface area contributed by atoms with E-state index in [-0.39, 0.29) is 17.7 Å². The first-order valence-electron chi connectivity index (χ1n) is 6.19. The molecule has 0 aliphatic heterocycles. The van der Waals surface area contributed by atoms with Gasteiger partial charge in [-0.25, -0.2) is 0 Å². The number of aromatic hydroxyl groups is 1. The minimum atomic E-state index is -0.208. The van der Waals surface area contributed by atoms with E-state index in [1.165, 1.54) is 18.8 Å². The third-order valence-electron chi connectivity index (χ3n) is 3.37. The monoisotopic (exact) mass is 266 g/mol. The Balaban J connectivity index is 2.04. The van der Waals surface area contributed by atoms with Crippen molar-refractivity contribution in [2.24, 2.45) is 0 Å².